The summed E-state index contributed by atoms with van der Waals surface area (Å²) in [4.78, 5) is 85.6. The van der Waals surface area contributed by atoms with Crippen LogP contribution in [0, 0.1) is 0 Å². The number of amides is 4. The lowest BCUT2D eigenvalue weighted by atomic mass is 10.1. The molecule has 4 N–H and O–H groups in total. The van der Waals surface area contributed by atoms with Gasteiger partial charge in [-0.15, -0.1) is 0 Å². The van der Waals surface area contributed by atoms with E-state index in [-0.39, 0.29) is 61.6 Å². The third-order valence-corrected chi connectivity index (χ3v) is 17.6. The Bertz CT molecular complexity index is 1440. The first-order valence-electron chi connectivity index (χ1n) is 38.1. The zero-order valence-corrected chi connectivity index (χ0v) is 59.9. The molecule has 0 radical (unpaired) electrons. The molecule has 530 valence electrons. The van der Waals surface area contributed by atoms with Crippen molar-refractivity contribution in [3.8, 4) is 0 Å². The van der Waals surface area contributed by atoms with Crippen molar-refractivity contribution in [2.75, 3.05) is 119 Å². The summed E-state index contributed by atoms with van der Waals surface area (Å²) in [5.41, 5.74) is 0. The van der Waals surface area contributed by atoms with E-state index >= 15 is 0 Å². The number of carbonyl (C=O) groups excluding carboxylic acids is 6. The van der Waals surface area contributed by atoms with Gasteiger partial charge in [-0.2, -0.15) is 0 Å². The van der Waals surface area contributed by atoms with E-state index in [9.17, 15) is 28.8 Å². The molecule has 16 nitrogen and oxygen atoms in total. The summed E-state index contributed by atoms with van der Waals surface area (Å²) < 4.78 is 11.4. The van der Waals surface area contributed by atoms with Crippen molar-refractivity contribution < 1.29 is 38.2 Å². The highest BCUT2D eigenvalue weighted by Crippen LogP contribution is 2.14. The van der Waals surface area contributed by atoms with Gasteiger partial charge in [0, 0.05) is 117 Å². The quantitative estimate of drug-likeness (QED) is 0.0335. The standard InChI is InChI=1S/C74H146N8O8/c1-7-11-15-19-23-27-31-35-39-43-53-75-69(83)47-59-81(60-48-70(84)76-54-44-40-36-32-28-24-20-16-12-8-2)65-67-89-73(87)51-57-79(5)63-64-80(6)58-52-74(88)90-68-66-82(61-49-71(85)77-55-45-41-37-33-29-25-21-17-13-9-3)62-50-72(86)78-56-46-42-38-34-30-26-22-18-14-10-4/h7-68H2,1-6H3,(H,75,83)(H,76,84)(H,77,85)(H,78,86). The largest absolute Gasteiger partial charge is 0.464 e. The van der Waals surface area contributed by atoms with E-state index in [2.05, 4.69) is 68.6 Å². The van der Waals surface area contributed by atoms with Crippen LogP contribution in [0.4, 0.5) is 0 Å². The summed E-state index contributed by atoms with van der Waals surface area (Å²) in [5, 5.41) is 12.4. The second kappa shape index (κ2) is 68.5. The number of rotatable bonds is 71. The van der Waals surface area contributed by atoms with E-state index < -0.39 is 0 Å². The van der Waals surface area contributed by atoms with Crippen LogP contribution in [-0.2, 0) is 38.2 Å². The predicted molar refractivity (Wildman–Crippen MR) is 377 cm³/mol. The Morgan fingerprint density at radius 2 is 0.444 bits per heavy atom. The zero-order valence-electron chi connectivity index (χ0n) is 59.9. The van der Waals surface area contributed by atoms with Gasteiger partial charge in [0.2, 0.25) is 23.6 Å². The smallest absolute Gasteiger partial charge is 0.307 e. The molecule has 4 amide bonds. The average Bonchev–Trinajstić information content (AvgIpc) is 3.73. The molecule has 90 heavy (non-hydrogen) atoms. The van der Waals surface area contributed by atoms with Crippen molar-refractivity contribution in [1.29, 1.82) is 0 Å². The molecule has 0 aliphatic heterocycles. The Hall–Kier alpha value is -3.34. The minimum absolute atomic E-state index is 0.0114. The van der Waals surface area contributed by atoms with Crippen LogP contribution in [-0.4, -0.2) is 174 Å². The Balaban J connectivity index is 4.87. The minimum Gasteiger partial charge on any atom is -0.464 e. The van der Waals surface area contributed by atoms with Crippen molar-refractivity contribution in [3.63, 3.8) is 0 Å². The third-order valence-electron chi connectivity index (χ3n) is 17.6. The number of nitrogens with zero attached hydrogens (tertiary/aromatic N) is 4. The van der Waals surface area contributed by atoms with Crippen LogP contribution in [0.15, 0.2) is 0 Å². The molecule has 0 aromatic heterocycles. The van der Waals surface area contributed by atoms with Gasteiger partial charge in [0.25, 0.3) is 0 Å². The first kappa shape index (κ1) is 86.7. The van der Waals surface area contributed by atoms with Gasteiger partial charge in [-0.3, -0.25) is 38.6 Å². The van der Waals surface area contributed by atoms with Crippen LogP contribution >= 0.6 is 0 Å². The summed E-state index contributed by atoms with van der Waals surface area (Å²) in [6.45, 7) is 17.4. The number of carbonyl (C=O) groups is 6. The Kier molecular flexibility index (Phi) is 66.0. The van der Waals surface area contributed by atoms with E-state index in [0.717, 1.165) is 51.4 Å². The van der Waals surface area contributed by atoms with E-state index in [4.69, 9.17) is 9.47 Å². The van der Waals surface area contributed by atoms with Gasteiger partial charge in [0.1, 0.15) is 13.2 Å². The highest BCUT2D eigenvalue weighted by molar-refractivity contribution is 5.77. The van der Waals surface area contributed by atoms with Gasteiger partial charge < -0.3 is 40.5 Å². The molecule has 0 fully saturated rings. The molecule has 0 aliphatic rings. The van der Waals surface area contributed by atoms with E-state index in [1.165, 1.54) is 205 Å². The topological polar surface area (TPSA) is 182 Å². The number of hydrogen-bond acceptors (Lipinski definition) is 12. The van der Waals surface area contributed by atoms with Crippen LogP contribution in [0.25, 0.3) is 0 Å². The molecule has 0 spiro atoms. The number of esters is 2. The highest BCUT2D eigenvalue weighted by atomic mass is 16.5. The van der Waals surface area contributed by atoms with Gasteiger partial charge in [-0.05, 0) is 39.8 Å². The fourth-order valence-corrected chi connectivity index (χ4v) is 11.3. The molecule has 0 unspecified atom stereocenters. The molecule has 0 heterocycles. The van der Waals surface area contributed by atoms with E-state index in [1.54, 1.807) is 0 Å². The summed E-state index contributed by atoms with van der Waals surface area (Å²) in [7, 11) is 3.94. The summed E-state index contributed by atoms with van der Waals surface area (Å²) in [6.07, 6.45) is 51.9. The first-order chi connectivity index (χ1) is 43.9. The van der Waals surface area contributed by atoms with Crippen LogP contribution < -0.4 is 21.3 Å². The molecule has 0 atom stereocenters. The van der Waals surface area contributed by atoms with Crippen molar-refractivity contribution in [1.82, 2.24) is 40.9 Å². The average molecular weight is 1280 g/mol. The number of likely N-dealkylation sites (N-methyl/N-ethyl adjacent to an activating group) is 2. The van der Waals surface area contributed by atoms with Crippen molar-refractivity contribution in [3.05, 3.63) is 0 Å². The second-order valence-corrected chi connectivity index (χ2v) is 26.4. The molecule has 0 saturated heterocycles. The zero-order chi connectivity index (χ0) is 65.9. The lowest BCUT2D eigenvalue weighted by molar-refractivity contribution is -0.145. The van der Waals surface area contributed by atoms with Crippen molar-refractivity contribution in [2.45, 2.75) is 323 Å². The minimum atomic E-state index is -0.286. The van der Waals surface area contributed by atoms with Crippen LogP contribution in [0.2, 0.25) is 0 Å². The Morgan fingerprint density at radius 1 is 0.244 bits per heavy atom. The predicted octanol–water partition coefficient (Wildman–Crippen LogP) is 15.0. The lowest BCUT2D eigenvalue weighted by Crippen LogP contribution is -2.37. The highest BCUT2D eigenvalue weighted by Gasteiger charge is 2.16. The SMILES string of the molecule is CCCCCCCCCCCCNC(=O)CCN(CCOC(=O)CCN(C)CCN(C)CCC(=O)OCCN(CCC(=O)NCCCCCCCCCCCC)CCC(=O)NCCCCCCCCCCCC)CCC(=O)NCCCCCCCCCCCC. The number of ether oxygens (including phenoxy) is 2. The monoisotopic (exact) mass is 1280 g/mol. The maximum absolute atomic E-state index is 12.9. The first-order valence-corrected chi connectivity index (χ1v) is 38.1. The van der Waals surface area contributed by atoms with Crippen LogP contribution in [0.3, 0.4) is 0 Å². The molecule has 0 aliphatic carbocycles. The van der Waals surface area contributed by atoms with E-state index in [1.807, 2.05) is 14.1 Å². The molecule has 0 aromatic rings. The molecule has 0 bridgehead atoms. The fraction of sp³-hybridized carbons (Fsp3) is 0.919. The number of hydrogen-bond donors (Lipinski definition) is 4. The van der Waals surface area contributed by atoms with E-state index in [0.29, 0.717) is 117 Å². The maximum atomic E-state index is 12.9. The van der Waals surface area contributed by atoms with Crippen molar-refractivity contribution >= 4 is 35.6 Å². The summed E-state index contributed by atoms with van der Waals surface area (Å²) in [5.74, 6) is -0.527. The lowest BCUT2D eigenvalue weighted by Gasteiger charge is -2.23. The normalized spacial score (nSPS) is 11.5. The Labute approximate surface area is 554 Å². The number of nitrogens with one attached hydrogen (secondary N) is 4. The second-order valence-electron chi connectivity index (χ2n) is 26.4. The molecular weight excluding hydrogens is 1130 g/mol. The van der Waals surface area contributed by atoms with Gasteiger partial charge in [0.15, 0.2) is 0 Å². The van der Waals surface area contributed by atoms with Gasteiger partial charge >= 0.3 is 11.9 Å². The molecule has 0 rings (SSSR count). The van der Waals surface area contributed by atoms with Gasteiger partial charge in [0.05, 0.1) is 12.8 Å². The van der Waals surface area contributed by atoms with Gasteiger partial charge in [-0.1, -0.05) is 259 Å². The molecule has 16 heteroatoms. The molecule has 0 aromatic carbocycles. The maximum Gasteiger partial charge on any atom is 0.307 e. The summed E-state index contributed by atoms with van der Waals surface area (Å²) in [6, 6.07) is 0. The third kappa shape index (κ3) is 64.8. The van der Waals surface area contributed by atoms with Crippen molar-refractivity contribution in [2.24, 2.45) is 0 Å². The van der Waals surface area contributed by atoms with Crippen LogP contribution in [0.1, 0.15) is 323 Å². The summed E-state index contributed by atoms with van der Waals surface area (Å²) >= 11 is 0. The number of unbranched alkanes of at least 4 members (excludes halogenated alkanes) is 36. The van der Waals surface area contributed by atoms with Gasteiger partial charge in [-0.25, -0.2) is 0 Å². The molecular formula is C74H146N8O8. The fourth-order valence-electron chi connectivity index (χ4n) is 11.3. The van der Waals surface area contributed by atoms with Crippen LogP contribution in [0.5, 0.6) is 0 Å². The Morgan fingerprint density at radius 3 is 0.656 bits per heavy atom. The molecule has 0 saturated carbocycles.